The van der Waals surface area contributed by atoms with Gasteiger partial charge in [-0.15, -0.1) is 0 Å². The lowest BCUT2D eigenvalue weighted by atomic mass is 9.92. The zero-order chi connectivity index (χ0) is 28.3. The maximum Gasteiger partial charge on any atom is 0.416 e. The number of likely N-dealkylation sites (tertiary alicyclic amines) is 1. The summed E-state index contributed by atoms with van der Waals surface area (Å²) in [7, 11) is 1.60. The third-order valence-corrected chi connectivity index (χ3v) is 8.20. The Morgan fingerprint density at radius 3 is 2.45 bits per heavy atom. The molecule has 40 heavy (non-hydrogen) atoms. The average Bonchev–Trinajstić information content (AvgIpc) is 3.45. The topological polar surface area (TPSA) is 90.5 Å². The first-order chi connectivity index (χ1) is 19.2. The van der Waals surface area contributed by atoms with E-state index in [9.17, 15) is 22.8 Å². The second kappa shape index (κ2) is 12.0. The number of nitrogens with one attached hydrogen (secondary N) is 2. The van der Waals surface area contributed by atoms with E-state index in [0.29, 0.717) is 49.9 Å². The molecule has 0 aromatic carbocycles. The Bertz CT molecular complexity index is 1240. The van der Waals surface area contributed by atoms with Crippen LogP contribution in [0.3, 0.4) is 0 Å². The van der Waals surface area contributed by atoms with Crippen LogP contribution >= 0.6 is 0 Å². The Morgan fingerprint density at radius 2 is 1.80 bits per heavy atom. The van der Waals surface area contributed by atoms with Gasteiger partial charge in [0.05, 0.1) is 16.8 Å². The minimum atomic E-state index is -4.40. The molecule has 2 aromatic heterocycles. The number of rotatable bonds is 6. The van der Waals surface area contributed by atoms with Crippen molar-refractivity contribution in [1.29, 1.82) is 0 Å². The van der Waals surface area contributed by atoms with Gasteiger partial charge in [-0.1, -0.05) is 6.08 Å². The summed E-state index contributed by atoms with van der Waals surface area (Å²) >= 11 is 0. The maximum atomic E-state index is 13.2. The van der Waals surface area contributed by atoms with Gasteiger partial charge in [0.2, 0.25) is 5.91 Å². The third-order valence-electron chi connectivity index (χ3n) is 8.20. The molecule has 0 bridgehead atoms. The zero-order valence-electron chi connectivity index (χ0n) is 22.6. The fraction of sp³-hybridized carbons (Fsp3) is 0.517. The Hall–Kier alpha value is -3.47. The van der Waals surface area contributed by atoms with Crippen LogP contribution in [0.15, 0.2) is 42.7 Å². The average molecular weight is 557 g/mol. The number of anilines is 1. The molecule has 2 saturated heterocycles. The highest BCUT2D eigenvalue weighted by Crippen LogP contribution is 2.32. The SMILES string of the molecule is CNC(=O)c1ccc(C2=CCC(N[C@H]3CCN(C(=O)C4CCN(c5cc(C(F)(F)F)ccn5)CC4)C3)CC2)nc1. The van der Waals surface area contributed by atoms with Crippen molar-refractivity contribution in [3.63, 3.8) is 0 Å². The summed E-state index contributed by atoms with van der Waals surface area (Å²) in [5, 5.41) is 6.34. The van der Waals surface area contributed by atoms with Crippen molar-refractivity contribution in [2.45, 2.75) is 56.8 Å². The fourth-order valence-corrected chi connectivity index (χ4v) is 5.89. The summed E-state index contributed by atoms with van der Waals surface area (Å²) in [6.45, 7) is 2.44. The highest BCUT2D eigenvalue weighted by molar-refractivity contribution is 5.93. The van der Waals surface area contributed by atoms with Gasteiger partial charge in [-0.05, 0) is 68.4 Å². The predicted molar refractivity (Wildman–Crippen MR) is 146 cm³/mol. The van der Waals surface area contributed by atoms with Crippen molar-refractivity contribution >= 4 is 23.2 Å². The molecular formula is C29H35F3N6O2. The number of amides is 2. The molecule has 5 rings (SSSR count). The highest BCUT2D eigenvalue weighted by Gasteiger charge is 2.35. The molecule has 1 aliphatic carbocycles. The molecule has 2 N–H and O–H groups in total. The van der Waals surface area contributed by atoms with Gasteiger partial charge >= 0.3 is 6.18 Å². The Kier molecular flexibility index (Phi) is 8.39. The normalized spacial score (nSPS) is 22.2. The van der Waals surface area contributed by atoms with Crippen molar-refractivity contribution in [3.8, 4) is 0 Å². The molecule has 0 radical (unpaired) electrons. The molecule has 2 aliphatic heterocycles. The number of nitrogens with zero attached hydrogens (tertiary/aromatic N) is 4. The molecule has 2 atom stereocenters. The molecule has 0 saturated carbocycles. The van der Waals surface area contributed by atoms with Crippen molar-refractivity contribution < 1.29 is 22.8 Å². The molecule has 3 aliphatic rings. The van der Waals surface area contributed by atoms with Crippen LogP contribution in [0.2, 0.25) is 0 Å². The summed E-state index contributed by atoms with van der Waals surface area (Å²) in [5.74, 6) is 0.205. The quantitative estimate of drug-likeness (QED) is 0.561. The molecule has 0 spiro atoms. The first-order valence-electron chi connectivity index (χ1n) is 13.9. The number of alkyl halides is 3. The predicted octanol–water partition coefficient (Wildman–Crippen LogP) is 3.90. The van der Waals surface area contributed by atoms with Gasteiger partial charge in [0, 0.05) is 63.6 Å². The van der Waals surface area contributed by atoms with E-state index in [4.69, 9.17) is 0 Å². The maximum absolute atomic E-state index is 13.2. The number of halogens is 3. The number of hydrogen-bond donors (Lipinski definition) is 2. The van der Waals surface area contributed by atoms with E-state index in [1.54, 1.807) is 19.3 Å². The molecular weight excluding hydrogens is 521 g/mol. The van der Waals surface area contributed by atoms with Crippen LogP contribution in [-0.2, 0) is 11.0 Å². The lowest BCUT2D eigenvalue weighted by Crippen LogP contribution is -2.44. The van der Waals surface area contributed by atoms with Crippen LogP contribution in [0, 0.1) is 5.92 Å². The fourth-order valence-electron chi connectivity index (χ4n) is 5.89. The summed E-state index contributed by atoms with van der Waals surface area (Å²) in [6, 6.07) is 6.35. The number of pyridine rings is 2. The van der Waals surface area contributed by atoms with Gasteiger partial charge in [0.15, 0.2) is 0 Å². The van der Waals surface area contributed by atoms with E-state index in [-0.39, 0.29) is 23.8 Å². The standard InChI is InChI=1S/C29H35F3N6O2/c1-33-27(39)21-4-7-25(35-17-21)19-2-5-23(6-3-19)36-24-11-15-38(18-24)28(40)20-9-13-37(14-10-20)26-16-22(8-12-34-26)29(30,31)32/h2,4,7-8,12,16-17,20,23-24,36H,3,5-6,9-11,13-15,18H2,1H3,(H,33,39)/t23?,24-/m0/s1. The van der Waals surface area contributed by atoms with E-state index >= 15 is 0 Å². The minimum absolute atomic E-state index is 0.108. The second-order valence-electron chi connectivity index (χ2n) is 10.8. The Morgan fingerprint density at radius 1 is 1.00 bits per heavy atom. The van der Waals surface area contributed by atoms with E-state index in [0.717, 1.165) is 50.1 Å². The van der Waals surface area contributed by atoms with Crippen LogP contribution in [0.25, 0.3) is 5.57 Å². The molecule has 4 heterocycles. The summed E-state index contributed by atoms with van der Waals surface area (Å²) in [5.41, 5.74) is 1.93. The van der Waals surface area contributed by atoms with Gasteiger partial charge in [-0.3, -0.25) is 14.6 Å². The van der Waals surface area contributed by atoms with Crippen LogP contribution in [0.5, 0.6) is 0 Å². The van der Waals surface area contributed by atoms with Crippen molar-refractivity contribution in [1.82, 2.24) is 25.5 Å². The van der Waals surface area contributed by atoms with E-state index in [2.05, 4.69) is 26.7 Å². The molecule has 8 nitrogen and oxygen atoms in total. The lowest BCUT2D eigenvalue weighted by molar-refractivity contribution is -0.137. The van der Waals surface area contributed by atoms with Crippen LogP contribution < -0.4 is 15.5 Å². The first-order valence-corrected chi connectivity index (χ1v) is 13.9. The molecule has 2 aromatic rings. The minimum Gasteiger partial charge on any atom is -0.357 e. The Labute approximate surface area is 232 Å². The zero-order valence-corrected chi connectivity index (χ0v) is 22.6. The molecule has 2 amide bonds. The van der Waals surface area contributed by atoms with Gasteiger partial charge in [0.1, 0.15) is 5.82 Å². The van der Waals surface area contributed by atoms with Crippen molar-refractivity contribution in [2.75, 3.05) is 38.1 Å². The van der Waals surface area contributed by atoms with E-state index in [1.807, 2.05) is 15.9 Å². The number of carbonyl (C=O) groups is 2. The number of piperidine rings is 1. The molecule has 11 heteroatoms. The summed E-state index contributed by atoms with van der Waals surface area (Å²) in [6.07, 6.45) is 5.52. The largest absolute Gasteiger partial charge is 0.416 e. The molecule has 1 unspecified atom stereocenters. The second-order valence-corrected chi connectivity index (χ2v) is 10.8. The smallest absolute Gasteiger partial charge is 0.357 e. The van der Waals surface area contributed by atoms with E-state index < -0.39 is 11.7 Å². The lowest BCUT2D eigenvalue weighted by Gasteiger charge is -2.34. The van der Waals surface area contributed by atoms with Crippen LogP contribution in [-0.4, -0.2) is 72.0 Å². The Balaban J connectivity index is 1.07. The van der Waals surface area contributed by atoms with Gasteiger partial charge < -0.3 is 20.4 Å². The van der Waals surface area contributed by atoms with Gasteiger partial charge in [-0.2, -0.15) is 13.2 Å². The third kappa shape index (κ3) is 6.46. The van der Waals surface area contributed by atoms with Crippen LogP contribution in [0.1, 0.15) is 60.1 Å². The number of allylic oxidation sites excluding steroid dienone is 1. The summed E-state index contributed by atoms with van der Waals surface area (Å²) in [4.78, 5) is 37.3. The van der Waals surface area contributed by atoms with Crippen molar-refractivity contribution in [2.24, 2.45) is 5.92 Å². The first kappa shape index (κ1) is 28.1. The van der Waals surface area contributed by atoms with Crippen LogP contribution in [0.4, 0.5) is 19.0 Å². The number of carbonyl (C=O) groups excluding carboxylic acids is 2. The monoisotopic (exact) mass is 556 g/mol. The van der Waals surface area contributed by atoms with Gasteiger partial charge in [0.25, 0.3) is 5.91 Å². The van der Waals surface area contributed by atoms with Gasteiger partial charge in [-0.25, -0.2) is 4.98 Å². The highest BCUT2D eigenvalue weighted by atomic mass is 19.4. The molecule has 214 valence electrons. The molecule has 2 fully saturated rings. The van der Waals surface area contributed by atoms with Crippen molar-refractivity contribution in [3.05, 3.63) is 59.6 Å². The number of aromatic nitrogens is 2. The summed E-state index contributed by atoms with van der Waals surface area (Å²) < 4.78 is 39.2. The van der Waals surface area contributed by atoms with E-state index in [1.165, 1.54) is 11.8 Å². The number of hydrogen-bond acceptors (Lipinski definition) is 6.